The number of nitrogens with zero attached hydrogens (tertiary/aromatic N) is 1. The minimum atomic E-state index is -0.585. The van der Waals surface area contributed by atoms with E-state index in [1.165, 1.54) is 0 Å². The Labute approximate surface area is 148 Å². The van der Waals surface area contributed by atoms with Gasteiger partial charge < -0.3 is 9.64 Å². The van der Waals surface area contributed by atoms with E-state index in [1.54, 1.807) is 12.1 Å². The summed E-state index contributed by atoms with van der Waals surface area (Å²) in [6.07, 6.45) is 1.89. The number of carbonyl (C=O) groups is 3. The Kier molecular flexibility index (Phi) is 9.06. The summed E-state index contributed by atoms with van der Waals surface area (Å²) in [5.74, 6) is -1.44. The lowest BCUT2D eigenvalue weighted by Gasteiger charge is -2.21. The largest absolute Gasteiger partial charge is 0.455 e. The molecule has 0 aliphatic heterocycles. The molecule has 0 saturated carbocycles. The van der Waals surface area contributed by atoms with E-state index < -0.39 is 24.4 Å². The quantitative estimate of drug-likeness (QED) is 0.526. The molecule has 0 fully saturated rings. The molecular weight excluding hydrogens is 322 g/mol. The SMILES string of the molecule is CCCCC(=O)OCC(=O)NNC(=O)c1ccc(N(CC)CC)cc1. The highest BCUT2D eigenvalue weighted by Crippen LogP contribution is 2.14. The van der Waals surface area contributed by atoms with Gasteiger partial charge in [0.2, 0.25) is 0 Å². The van der Waals surface area contributed by atoms with Crippen LogP contribution in [0.15, 0.2) is 24.3 Å². The van der Waals surface area contributed by atoms with Crippen molar-refractivity contribution in [2.45, 2.75) is 40.0 Å². The molecule has 1 rings (SSSR count). The van der Waals surface area contributed by atoms with Crippen molar-refractivity contribution in [2.75, 3.05) is 24.6 Å². The number of ether oxygens (including phenoxy) is 1. The topological polar surface area (TPSA) is 87.7 Å². The molecule has 25 heavy (non-hydrogen) atoms. The summed E-state index contributed by atoms with van der Waals surface area (Å²) >= 11 is 0. The van der Waals surface area contributed by atoms with Crippen molar-refractivity contribution >= 4 is 23.5 Å². The third-order valence-corrected chi connectivity index (χ3v) is 3.67. The number of benzene rings is 1. The first kappa shape index (κ1) is 20.5. The van der Waals surface area contributed by atoms with Gasteiger partial charge in [-0.15, -0.1) is 0 Å². The van der Waals surface area contributed by atoms with Crippen LogP contribution in [0.4, 0.5) is 5.69 Å². The van der Waals surface area contributed by atoms with Crippen LogP contribution in [0, 0.1) is 0 Å². The normalized spacial score (nSPS) is 10.0. The molecule has 0 aliphatic carbocycles. The van der Waals surface area contributed by atoms with Crippen molar-refractivity contribution in [3.8, 4) is 0 Å². The van der Waals surface area contributed by atoms with Gasteiger partial charge >= 0.3 is 5.97 Å². The van der Waals surface area contributed by atoms with Gasteiger partial charge in [0.15, 0.2) is 6.61 Å². The number of hydrogen-bond acceptors (Lipinski definition) is 5. The summed E-state index contributed by atoms with van der Waals surface area (Å²) in [7, 11) is 0. The van der Waals surface area contributed by atoms with E-state index in [0.29, 0.717) is 5.56 Å². The van der Waals surface area contributed by atoms with Crippen LogP contribution in [0.25, 0.3) is 0 Å². The zero-order valence-corrected chi connectivity index (χ0v) is 15.1. The lowest BCUT2D eigenvalue weighted by atomic mass is 10.2. The van der Waals surface area contributed by atoms with E-state index in [2.05, 4.69) is 29.6 Å². The highest BCUT2D eigenvalue weighted by atomic mass is 16.5. The van der Waals surface area contributed by atoms with E-state index in [9.17, 15) is 14.4 Å². The van der Waals surface area contributed by atoms with Crippen molar-refractivity contribution in [1.82, 2.24) is 10.9 Å². The lowest BCUT2D eigenvalue weighted by molar-refractivity contribution is -0.148. The van der Waals surface area contributed by atoms with Gasteiger partial charge in [-0.1, -0.05) is 13.3 Å². The van der Waals surface area contributed by atoms with Crippen molar-refractivity contribution in [1.29, 1.82) is 0 Å². The number of hydrazine groups is 1. The Bertz CT molecular complexity index is 568. The van der Waals surface area contributed by atoms with E-state index in [0.717, 1.165) is 31.6 Å². The maximum atomic E-state index is 12.0. The molecule has 0 atom stereocenters. The third-order valence-electron chi connectivity index (χ3n) is 3.67. The minimum absolute atomic E-state index is 0.287. The second kappa shape index (κ2) is 11.1. The average molecular weight is 349 g/mol. The van der Waals surface area contributed by atoms with Gasteiger partial charge in [-0.25, -0.2) is 0 Å². The number of unbranched alkanes of at least 4 members (excludes halogenated alkanes) is 1. The van der Waals surface area contributed by atoms with Crippen LogP contribution in [0.1, 0.15) is 50.4 Å². The molecule has 0 heterocycles. The molecule has 0 radical (unpaired) electrons. The van der Waals surface area contributed by atoms with Gasteiger partial charge in [0.1, 0.15) is 0 Å². The number of anilines is 1. The highest BCUT2D eigenvalue weighted by molar-refractivity contribution is 5.95. The molecular formula is C18H27N3O4. The zero-order chi connectivity index (χ0) is 18.7. The number of carbonyl (C=O) groups excluding carboxylic acids is 3. The Hall–Kier alpha value is -2.57. The van der Waals surface area contributed by atoms with Gasteiger partial charge in [-0.2, -0.15) is 0 Å². The van der Waals surface area contributed by atoms with Gasteiger partial charge in [-0.3, -0.25) is 25.2 Å². The van der Waals surface area contributed by atoms with Crippen LogP contribution in [-0.4, -0.2) is 37.5 Å². The highest BCUT2D eigenvalue weighted by Gasteiger charge is 2.10. The van der Waals surface area contributed by atoms with Crippen LogP contribution >= 0.6 is 0 Å². The van der Waals surface area contributed by atoms with E-state index in [4.69, 9.17) is 4.74 Å². The summed E-state index contributed by atoms with van der Waals surface area (Å²) < 4.78 is 4.80. The molecule has 0 spiro atoms. The summed E-state index contributed by atoms with van der Waals surface area (Å²) in [6, 6.07) is 7.11. The standard InChI is InChI=1S/C18H27N3O4/c1-4-7-8-17(23)25-13-16(22)19-20-18(24)14-9-11-15(12-10-14)21(5-2)6-3/h9-12H,4-8,13H2,1-3H3,(H,19,22)(H,20,24). The van der Waals surface area contributed by atoms with Crippen molar-refractivity contribution in [2.24, 2.45) is 0 Å². The Morgan fingerprint density at radius 1 is 1.00 bits per heavy atom. The minimum Gasteiger partial charge on any atom is -0.455 e. The molecule has 138 valence electrons. The monoisotopic (exact) mass is 349 g/mol. The van der Waals surface area contributed by atoms with E-state index >= 15 is 0 Å². The van der Waals surface area contributed by atoms with Crippen LogP contribution in [0.5, 0.6) is 0 Å². The lowest BCUT2D eigenvalue weighted by Crippen LogP contribution is -2.43. The second-order valence-corrected chi connectivity index (χ2v) is 5.49. The molecule has 1 aromatic rings. The Morgan fingerprint density at radius 2 is 1.64 bits per heavy atom. The number of hydrogen-bond donors (Lipinski definition) is 2. The third kappa shape index (κ3) is 7.24. The van der Waals surface area contributed by atoms with Gasteiger partial charge in [0, 0.05) is 30.8 Å². The van der Waals surface area contributed by atoms with Crippen molar-refractivity contribution in [3.63, 3.8) is 0 Å². The Morgan fingerprint density at radius 3 is 2.20 bits per heavy atom. The predicted molar refractivity (Wildman–Crippen MR) is 96.1 cm³/mol. The predicted octanol–water partition coefficient (Wildman–Crippen LogP) is 2.03. The molecule has 0 bridgehead atoms. The van der Waals surface area contributed by atoms with Crippen molar-refractivity contribution in [3.05, 3.63) is 29.8 Å². The first-order chi connectivity index (χ1) is 12.0. The molecule has 2 amide bonds. The Balaban J connectivity index is 2.41. The fourth-order valence-corrected chi connectivity index (χ4v) is 2.19. The maximum Gasteiger partial charge on any atom is 0.306 e. The summed E-state index contributed by atoms with van der Waals surface area (Å²) in [5, 5.41) is 0. The average Bonchev–Trinajstić information content (AvgIpc) is 2.64. The van der Waals surface area contributed by atoms with Crippen LogP contribution in [-0.2, 0) is 14.3 Å². The molecule has 1 aromatic carbocycles. The fourth-order valence-electron chi connectivity index (χ4n) is 2.19. The molecule has 0 aliphatic rings. The summed E-state index contributed by atoms with van der Waals surface area (Å²) in [5.41, 5.74) is 5.98. The maximum absolute atomic E-state index is 12.0. The van der Waals surface area contributed by atoms with E-state index in [1.807, 2.05) is 19.1 Å². The smallest absolute Gasteiger partial charge is 0.306 e. The van der Waals surface area contributed by atoms with Crippen LogP contribution in [0.3, 0.4) is 0 Å². The van der Waals surface area contributed by atoms with Gasteiger partial charge in [0.05, 0.1) is 0 Å². The molecule has 0 saturated heterocycles. The van der Waals surface area contributed by atoms with Crippen LogP contribution < -0.4 is 15.8 Å². The summed E-state index contributed by atoms with van der Waals surface area (Å²) in [4.78, 5) is 37.0. The molecule has 0 unspecified atom stereocenters. The van der Waals surface area contributed by atoms with Crippen LogP contribution in [0.2, 0.25) is 0 Å². The molecule has 0 aromatic heterocycles. The number of amides is 2. The number of rotatable bonds is 9. The molecule has 2 N–H and O–H groups in total. The first-order valence-corrected chi connectivity index (χ1v) is 8.61. The first-order valence-electron chi connectivity index (χ1n) is 8.61. The van der Waals surface area contributed by atoms with E-state index in [-0.39, 0.29) is 6.42 Å². The number of esters is 1. The van der Waals surface area contributed by atoms with Gasteiger partial charge in [0.25, 0.3) is 11.8 Å². The molecule has 7 heteroatoms. The zero-order valence-electron chi connectivity index (χ0n) is 15.1. The van der Waals surface area contributed by atoms with Crippen molar-refractivity contribution < 1.29 is 19.1 Å². The van der Waals surface area contributed by atoms with Gasteiger partial charge in [-0.05, 0) is 44.5 Å². The fraction of sp³-hybridized carbons (Fsp3) is 0.500. The summed E-state index contributed by atoms with van der Waals surface area (Å²) in [6.45, 7) is 7.45. The second-order valence-electron chi connectivity index (χ2n) is 5.49. The molecule has 7 nitrogen and oxygen atoms in total. The number of nitrogens with one attached hydrogen (secondary N) is 2.